The first kappa shape index (κ1) is 13.7. The van der Waals surface area contributed by atoms with Crippen LogP contribution in [-0.4, -0.2) is 46.2 Å². The van der Waals surface area contributed by atoms with Gasteiger partial charge in [-0.25, -0.2) is 0 Å². The van der Waals surface area contributed by atoms with E-state index in [1.807, 2.05) is 6.92 Å². The maximum atomic E-state index is 5.44. The molecule has 6 heteroatoms. The average Bonchev–Trinajstić information content (AvgIpc) is 3.11. The van der Waals surface area contributed by atoms with Crippen LogP contribution in [0.5, 0.6) is 0 Å². The van der Waals surface area contributed by atoms with Crippen molar-refractivity contribution in [1.29, 1.82) is 0 Å². The maximum Gasteiger partial charge on any atom is 0.230 e. The molecule has 1 saturated heterocycles. The Labute approximate surface area is 123 Å². The fraction of sp³-hybridized carbons (Fsp3) is 0.571. The molecule has 3 rings (SSSR count). The van der Waals surface area contributed by atoms with Crippen LogP contribution < -0.4 is 0 Å². The van der Waals surface area contributed by atoms with Gasteiger partial charge in [0.2, 0.25) is 11.8 Å². The van der Waals surface area contributed by atoms with Gasteiger partial charge in [-0.1, -0.05) is 0 Å². The molecule has 0 saturated carbocycles. The first-order valence-electron chi connectivity index (χ1n) is 7.00. The van der Waals surface area contributed by atoms with E-state index in [0.29, 0.717) is 11.9 Å². The third-order valence-electron chi connectivity index (χ3n) is 3.91. The van der Waals surface area contributed by atoms with Crippen LogP contribution in [0.2, 0.25) is 0 Å². The minimum Gasteiger partial charge on any atom is -0.424 e. The van der Waals surface area contributed by atoms with Crippen molar-refractivity contribution in [3.8, 4) is 0 Å². The second-order valence-corrected chi connectivity index (χ2v) is 6.04. The average molecular weight is 292 g/mol. The molecule has 1 aliphatic heterocycles. The summed E-state index contributed by atoms with van der Waals surface area (Å²) in [7, 11) is 0. The summed E-state index contributed by atoms with van der Waals surface area (Å²) in [6.45, 7) is 9.16. The zero-order valence-electron chi connectivity index (χ0n) is 12.0. The van der Waals surface area contributed by atoms with Crippen LogP contribution in [0, 0.1) is 6.92 Å². The molecule has 2 aromatic heterocycles. The summed E-state index contributed by atoms with van der Waals surface area (Å²) in [6, 6.07) is 2.73. The third-order valence-corrected chi connectivity index (χ3v) is 4.61. The molecule has 0 radical (unpaired) electrons. The molecule has 0 N–H and O–H groups in total. The Morgan fingerprint density at radius 2 is 2.10 bits per heavy atom. The van der Waals surface area contributed by atoms with Crippen molar-refractivity contribution in [2.24, 2.45) is 0 Å². The van der Waals surface area contributed by atoms with Crippen molar-refractivity contribution in [3.05, 3.63) is 34.2 Å². The molecule has 1 aliphatic rings. The molecule has 2 aromatic rings. The topological polar surface area (TPSA) is 45.4 Å². The van der Waals surface area contributed by atoms with Gasteiger partial charge in [-0.15, -0.1) is 10.2 Å². The van der Waals surface area contributed by atoms with Gasteiger partial charge in [0.15, 0.2) is 0 Å². The van der Waals surface area contributed by atoms with Gasteiger partial charge in [0.05, 0.1) is 6.54 Å². The summed E-state index contributed by atoms with van der Waals surface area (Å²) >= 11 is 1.77. The molecule has 0 aliphatic carbocycles. The van der Waals surface area contributed by atoms with E-state index in [4.69, 9.17) is 4.42 Å². The number of aryl methyl sites for hydroxylation is 1. The Bertz CT molecular complexity index is 531. The van der Waals surface area contributed by atoms with Gasteiger partial charge < -0.3 is 4.42 Å². The highest BCUT2D eigenvalue weighted by Crippen LogP contribution is 2.23. The molecule has 0 spiro atoms. The Hall–Kier alpha value is -1.24. The van der Waals surface area contributed by atoms with Crippen LogP contribution in [0.3, 0.4) is 0 Å². The number of thiophene rings is 1. The highest BCUT2D eigenvalue weighted by atomic mass is 32.1. The first-order chi connectivity index (χ1) is 9.72. The van der Waals surface area contributed by atoms with Crippen LogP contribution in [0.1, 0.15) is 30.3 Å². The van der Waals surface area contributed by atoms with Crippen LogP contribution >= 0.6 is 11.3 Å². The standard InChI is InChI=1S/C14H20N4OS/c1-11(13-3-8-20-10-13)18-6-4-17(5-7-18)9-14-16-15-12(2)19-14/h3,8,10-11H,4-7,9H2,1-2H3/t11-/m1/s1. The molecule has 1 atom stereocenters. The van der Waals surface area contributed by atoms with Gasteiger partial charge in [-0.2, -0.15) is 11.3 Å². The monoisotopic (exact) mass is 292 g/mol. The molecular formula is C14H20N4OS. The van der Waals surface area contributed by atoms with Gasteiger partial charge in [0.1, 0.15) is 0 Å². The van der Waals surface area contributed by atoms with Crippen LogP contribution in [0.15, 0.2) is 21.2 Å². The van der Waals surface area contributed by atoms with E-state index < -0.39 is 0 Å². The Morgan fingerprint density at radius 1 is 1.30 bits per heavy atom. The highest BCUT2D eigenvalue weighted by Gasteiger charge is 2.23. The highest BCUT2D eigenvalue weighted by molar-refractivity contribution is 7.07. The first-order valence-corrected chi connectivity index (χ1v) is 7.94. The summed E-state index contributed by atoms with van der Waals surface area (Å²) < 4.78 is 5.44. The van der Waals surface area contributed by atoms with E-state index >= 15 is 0 Å². The molecule has 0 aromatic carbocycles. The fourth-order valence-corrected chi connectivity index (χ4v) is 3.37. The quantitative estimate of drug-likeness (QED) is 0.865. The van der Waals surface area contributed by atoms with Gasteiger partial charge in [0.25, 0.3) is 0 Å². The number of rotatable bonds is 4. The second kappa shape index (κ2) is 6.03. The summed E-state index contributed by atoms with van der Waals surface area (Å²) in [5.74, 6) is 1.37. The lowest BCUT2D eigenvalue weighted by Gasteiger charge is -2.37. The van der Waals surface area contributed by atoms with E-state index in [2.05, 4.69) is 43.7 Å². The number of hydrogen-bond acceptors (Lipinski definition) is 6. The van der Waals surface area contributed by atoms with Gasteiger partial charge in [-0.05, 0) is 29.3 Å². The van der Waals surface area contributed by atoms with Crippen molar-refractivity contribution in [2.45, 2.75) is 26.4 Å². The van der Waals surface area contributed by atoms with E-state index in [-0.39, 0.29) is 0 Å². The third kappa shape index (κ3) is 3.08. The molecule has 20 heavy (non-hydrogen) atoms. The smallest absolute Gasteiger partial charge is 0.230 e. The van der Waals surface area contributed by atoms with E-state index in [1.54, 1.807) is 11.3 Å². The molecule has 108 valence electrons. The van der Waals surface area contributed by atoms with E-state index in [0.717, 1.165) is 38.6 Å². The van der Waals surface area contributed by atoms with Crippen molar-refractivity contribution >= 4 is 11.3 Å². The van der Waals surface area contributed by atoms with Crippen molar-refractivity contribution < 1.29 is 4.42 Å². The predicted octanol–water partition coefficient (Wildman–Crippen LogP) is 2.32. The Kier molecular flexibility index (Phi) is 4.14. The maximum absolute atomic E-state index is 5.44. The fourth-order valence-electron chi connectivity index (χ4n) is 2.62. The lowest BCUT2D eigenvalue weighted by atomic mass is 10.1. The van der Waals surface area contributed by atoms with Crippen LogP contribution in [-0.2, 0) is 6.54 Å². The van der Waals surface area contributed by atoms with Crippen molar-refractivity contribution in [1.82, 2.24) is 20.0 Å². The second-order valence-electron chi connectivity index (χ2n) is 5.26. The number of aromatic nitrogens is 2. The largest absolute Gasteiger partial charge is 0.424 e. The van der Waals surface area contributed by atoms with Crippen molar-refractivity contribution in [2.75, 3.05) is 26.2 Å². The SMILES string of the molecule is Cc1nnc(CN2CCN([C@H](C)c3ccsc3)CC2)o1. The molecule has 0 amide bonds. The molecule has 1 fully saturated rings. The predicted molar refractivity (Wildman–Crippen MR) is 78.6 cm³/mol. The minimum atomic E-state index is 0.508. The van der Waals surface area contributed by atoms with E-state index in [1.165, 1.54) is 5.56 Å². The van der Waals surface area contributed by atoms with Gasteiger partial charge in [-0.3, -0.25) is 9.80 Å². The van der Waals surface area contributed by atoms with E-state index in [9.17, 15) is 0 Å². The number of hydrogen-bond donors (Lipinski definition) is 0. The number of piperazine rings is 1. The molecule has 0 unspecified atom stereocenters. The Balaban J connectivity index is 1.52. The van der Waals surface area contributed by atoms with Gasteiger partial charge in [0, 0.05) is 39.1 Å². The summed E-state index contributed by atoms with van der Waals surface area (Å²) in [6.07, 6.45) is 0. The summed E-state index contributed by atoms with van der Waals surface area (Å²) in [5, 5.41) is 12.3. The van der Waals surface area contributed by atoms with Crippen LogP contribution in [0.4, 0.5) is 0 Å². The van der Waals surface area contributed by atoms with Crippen molar-refractivity contribution in [3.63, 3.8) is 0 Å². The van der Waals surface area contributed by atoms with Gasteiger partial charge >= 0.3 is 0 Å². The zero-order valence-corrected chi connectivity index (χ0v) is 12.8. The number of nitrogens with zero attached hydrogens (tertiary/aromatic N) is 4. The lowest BCUT2D eigenvalue weighted by Crippen LogP contribution is -2.46. The Morgan fingerprint density at radius 3 is 2.70 bits per heavy atom. The summed E-state index contributed by atoms with van der Waals surface area (Å²) in [5.41, 5.74) is 1.43. The summed E-state index contributed by atoms with van der Waals surface area (Å²) in [4.78, 5) is 4.92. The molecule has 0 bridgehead atoms. The zero-order chi connectivity index (χ0) is 13.9. The molecule has 3 heterocycles. The lowest BCUT2D eigenvalue weighted by molar-refractivity contribution is 0.0920. The van der Waals surface area contributed by atoms with Crippen LogP contribution in [0.25, 0.3) is 0 Å². The normalized spacial score (nSPS) is 19.3. The minimum absolute atomic E-state index is 0.508. The molecular weight excluding hydrogens is 272 g/mol. The molecule has 5 nitrogen and oxygen atoms in total.